The standard InChI is InChI=1S/C21H25N2.ClH.Pd/c1-14-9-16(3)20(17(4)10-14)22-7-8-23(13-22)21-18(5)11-15(2)12-19(21)6;;/h7-13H,1-6H3;1H;/q;;+1/p-1. The number of rotatable bonds is 3. The van der Waals surface area contributed by atoms with Crippen molar-refractivity contribution in [1.29, 1.82) is 0 Å². The molecular weight excluding hydrogens is 422 g/mol. The van der Waals surface area contributed by atoms with Crippen LogP contribution in [-0.2, 0) is 17.0 Å². The van der Waals surface area contributed by atoms with Crippen LogP contribution in [0.2, 0.25) is 0 Å². The molecule has 3 rings (SSSR count). The monoisotopic (exact) mass is 446 g/mol. The third-order valence-corrected chi connectivity index (χ3v) is 6.56. The molecule has 0 bridgehead atoms. The van der Waals surface area contributed by atoms with E-state index in [2.05, 4.69) is 88.0 Å². The van der Waals surface area contributed by atoms with Crippen LogP contribution in [0.25, 0.3) is 0 Å². The molecule has 25 heavy (non-hydrogen) atoms. The van der Waals surface area contributed by atoms with Gasteiger partial charge in [0.1, 0.15) is 0 Å². The predicted molar refractivity (Wildman–Crippen MR) is 105 cm³/mol. The van der Waals surface area contributed by atoms with Gasteiger partial charge < -0.3 is 0 Å². The van der Waals surface area contributed by atoms with Crippen molar-refractivity contribution in [3.63, 3.8) is 0 Å². The van der Waals surface area contributed by atoms with E-state index in [1.54, 1.807) is 0 Å². The van der Waals surface area contributed by atoms with E-state index in [0.717, 1.165) is 0 Å². The molecule has 0 spiro atoms. The van der Waals surface area contributed by atoms with E-state index in [1.165, 1.54) is 44.8 Å². The van der Waals surface area contributed by atoms with E-state index in [0.29, 0.717) is 0 Å². The van der Waals surface area contributed by atoms with Gasteiger partial charge in [0, 0.05) is 0 Å². The minimum atomic E-state index is 0.0489. The second-order valence-electron chi connectivity index (χ2n) is 6.96. The summed E-state index contributed by atoms with van der Waals surface area (Å²) in [4.78, 5) is 4.68. The number of hydrogen-bond acceptors (Lipinski definition) is 2. The summed E-state index contributed by atoms with van der Waals surface area (Å²) in [6.07, 6.45) is 4.35. The Morgan fingerprint density at radius 1 is 0.680 bits per heavy atom. The molecule has 1 heterocycles. The Labute approximate surface area is 163 Å². The Morgan fingerprint density at radius 3 is 1.28 bits per heavy atom. The molecule has 0 atom stereocenters. The summed E-state index contributed by atoms with van der Waals surface area (Å²) in [6, 6.07) is 8.99. The Hall–Kier alpha value is -1.27. The van der Waals surface area contributed by atoms with Crippen LogP contribution in [-0.4, -0.2) is 4.64 Å². The van der Waals surface area contributed by atoms with Crippen LogP contribution in [0.3, 0.4) is 0 Å². The van der Waals surface area contributed by atoms with Crippen LogP contribution < -0.4 is 9.80 Å². The maximum atomic E-state index is 6.50. The molecule has 0 amide bonds. The number of nitrogens with zero attached hydrogens (tertiary/aromatic N) is 2. The van der Waals surface area contributed by atoms with Crippen LogP contribution in [0.1, 0.15) is 33.4 Å². The van der Waals surface area contributed by atoms with Crippen LogP contribution in [0, 0.1) is 41.5 Å². The molecule has 2 aromatic rings. The van der Waals surface area contributed by atoms with Gasteiger partial charge in [-0.3, -0.25) is 0 Å². The molecule has 0 saturated heterocycles. The Kier molecular flexibility index (Phi) is 5.30. The predicted octanol–water partition coefficient (Wildman–Crippen LogP) is 5.85. The van der Waals surface area contributed by atoms with E-state index in [1.807, 2.05) is 0 Å². The van der Waals surface area contributed by atoms with Gasteiger partial charge in [-0.2, -0.15) is 0 Å². The first-order valence-corrected chi connectivity index (χ1v) is 11.3. The first-order valence-electron chi connectivity index (χ1n) is 8.42. The SMILES string of the molecule is Cc1cc(C)c(N2C=CN(c3c(C)cc(C)cc3C)[CH]2[Pd][Cl])c(C)c1. The minimum absolute atomic E-state index is 0.0489. The molecule has 0 aromatic heterocycles. The van der Waals surface area contributed by atoms with Crippen LogP contribution in [0.4, 0.5) is 11.4 Å². The zero-order valence-electron chi connectivity index (χ0n) is 15.6. The summed E-state index contributed by atoms with van der Waals surface area (Å²) in [5.41, 5.74) is 10.3. The second kappa shape index (κ2) is 7.16. The molecule has 136 valence electrons. The van der Waals surface area contributed by atoms with Gasteiger partial charge in [-0.05, 0) is 0 Å². The first kappa shape index (κ1) is 18.5. The fourth-order valence-corrected chi connectivity index (χ4v) is 5.76. The molecule has 2 aromatic carbocycles. The third kappa shape index (κ3) is 3.38. The zero-order chi connectivity index (χ0) is 18.3. The van der Waals surface area contributed by atoms with Crippen molar-refractivity contribution < 1.29 is 17.0 Å². The van der Waals surface area contributed by atoms with Gasteiger partial charge >= 0.3 is 164 Å². The van der Waals surface area contributed by atoms with Gasteiger partial charge in [-0.15, -0.1) is 0 Å². The first-order chi connectivity index (χ1) is 11.8. The van der Waals surface area contributed by atoms with Gasteiger partial charge in [0.05, 0.1) is 0 Å². The molecule has 1 aliphatic rings. The molecule has 0 N–H and O–H groups in total. The Morgan fingerprint density at radius 2 is 1.00 bits per heavy atom. The molecular formula is C21H25ClN2Pd. The molecule has 0 aliphatic carbocycles. The summed E-state index contributed by atoms with van der Waals surface area (Å²) < 4.78 is 0.135. The molecule has 1 aliphatic heterocycles. The summed E-state index contributed by atoms with van der Waals surface area (Å²) in [5, 5.41) is 0. The van der Waals surface area contributed by atoms with E-state index < -0.39 is 0 Å². The summed E-state index contributed by atoms with van der Waals surface area (Å²) in [5.74, 6) is 0. The third-order valence-electron chi connectivity index (χ3n) is 4.66. The topological polar surface area (TPSA) is 6.48 Å². The fourth-order valence-electron chi connectivity index (χ4n) is 3.98. The van der Waals surface area contributed by atoms with Crippen molar-refractivity contribution in [3.8, 4) is 0 Å². The van der Waals surface area contributed by atoms with E-state index in [4.69, 9.17) is 9.53 Å². The Balaban J connectivity index is 2.05. The van der Waals surface area contributed by atoms with Crippen LogP contribution in [0.15, 0.2) is 36.7 Å². The van der Waals surface area contributed by atoms with E-state index in [9.17, 15) is 0 Å². The van der Waals surface area contributed by atoms with Crippen LogP contribution in [0.5, 0.6) is 0 Å². The zero-order valence-corrected chi connectivity index (χ0v) is 17.9. The number of halogens is 1. The van der Waals surface area contributed by atoms with Crippen molar-refractivity contribution >= 4 is 20.9 Å². The van der Waals surface area contributed by atoms with Gasteiger partial charge in [0.15, 0.2) is 0 Å². The second-order valence-corrected chi connectivity index (χ2v) is 8.91. The molecule has 2 nitrogen and oxygen atoms in total. The van der Waals surface area contributed by atoms with Gasteiger partial charge in [0.2, 0.25) is 0 Å². The molecule has 0 radical (unpaired) electrons. The fraction of sp³-hybridized carbons (Fsp3) is 0.333. The molecule has 0 saturated carbocycles. The van der Waals surface area contributed by atoms with E-state index >= 15 is 0 Å². The summed E-state index contributed by atoms with van der Waals surface area (Å²) in [7, 11) is 6.50. The average Bonchev–Trinajstić information content (AvgIpc) is 2.88. The molecule has 0 fully saturated rings. The number of hydrogen-bond donors (Lipinski definition) is 0. The average molecular weight is 447 g/mol. The Bertz CT molecular complexity index is 730. The van der Waals surface area contributed by atoms with Crippen molar-refractivity contribution in [2.24, 2.45) is 0 Å². The van der Waals surface area contributed by atoms with Crippen molar-refractivity contribution in [2.75, 3.05) is 9.80 Å². The maximum absolute atomic E-state index is 6.50. The summed E-state index contributed by atoms with van der Waals surface area (Å²) in [6.45, 7) is 13.0. The van der Waals surface area contributed by atoms with Crippen molar-refractivity contribution in [1.82, 2.24) is 0 Å². The van der Waals surface area contributed by atoms with Crippen LogP contribution >= 0.6 is 9.53 Å². The van der Waals surface area contributed by atoms with E-state index in [-0.39, 0.29) is 21.6 Å². The number of aryl methyl sites for hydroxylation is 6. The number of benzene rings is 2. The summed E-state index contributed by atoms with van der Waals surface area (Å²) >= 11 is 0.0489. The molecule has 4 heteroatoms. The quantitative estimate of drug-likeness (QED) is 0.545. The molecule has 0 unspecified atom stereocenters. The van der Waals surface area contributed by atoms with Crippen molar-refractivity contribution in [3.05, 3.63) is 70.0 Å². The number of anilines is 2. The van der Waals surface area contributed by atoms with Gasteiger partial charge in [-0.25, -0.2) is 0 Å². The van der Waals surface area contributed by atoms with Crippen molar-refractivity contribution in [2.45, 2.75) is 46.2 Å². The normalized spacial score (nSPS) is 14.8. The van der Waals surface area contributed by atoms with Gasteiger partial charge in [-0.1, -0.05) is 0 Å². The van der Waals surface area contributed by atoms with Gasteiger partial charge in [0.25, 0.3) is 0 Å².